The highest BCUT2D eigenvalue weighted by Gasteiger charge is 2.38. The molecule has 0 amide bonds. The average Bonchev–Trinajstić information content (AvgIpc) is 2.31. The maximum atomic E-state index is 12.6. The fourth-order valence-electron chi connectivity index (χ4n) is 2.58. The van der Waals surface area contributed by atoms with Crippen LogP contribution in [0.1, 0.15) is 41.0 Å². The molecule has 0 bridgehead atoms. The predicted molar refractivity (Wildman–Crippen MR) is 85.5 cm³/mol. The van der Waals surface area contributed by atoms with Gasteiger partial charge in [0.25, 0.3) is 10.2 Å². The number of nitrogens with zero attached hydrogens (tertiary/aromatic N) is 2. The van der Waals surface area contributed by atoms with Crippen LogP contribution in [0.4, 0.5) is 0 Å². The zero-order valence-corrected chi connectivity index (χ0v) is 15.0. The van der Waals surface area contributed by atoms with E-state index in [2.05, 4.69) is 19.2 Å². The Morgan fingerprint density at radius 1 is 1.43 bits per heavy atom. The summed E-state index contributed by atoms with van der Waals surface area (Å²) in [4.78, 5) is 0. The van der Waals surface area contributed by atoms with Crippen molar-refractivity contribution in [2.45, 2.75) is 58.8 Å². The molecule has 1 unspecified atom stereocenters. The second-order valence-corrected chi connectivity index (χ2v) is 8.81. The molecule has 1 atom stereocenters. The third-order valence-corrected chi connectivity index (χ3v) is 5.36. The first-order valence-corrected chi connectivity index (χ1v) is 9.07. The van der Waals surface area contributed by atoms with E-state index in [0.717, 1.165) is 13.0 Å². The minimum absolute atomic E-state index is 0.0838. The summed E-state index contributed by atoms with van der Waals surface area (Å²) in [5, 5.41) is 3.30. The summed E-state index contributed by atoms with van der Waals surface area (Å²) >= 11 is 0. The summed E-state index contributed by atoms with van der Waals surface area (Å²) in [6, 6.07) is 0.424. The Bertz CT molecular complexity index is 423. The second-order valence-electron chi connectivity index (χ2n) is 6.77. The van der Waals surface area contributed by atoms with Crippen LogP contribution in [0, 0.1) is 0 Å². The van der Waals surface area contributed by atoms with E-state index in [4.69, 9.17) is 4.74 Å². The molecule has 1 saturated heterocycles. The SMILES string of the molecule is CC(C)NCCCN(C)S(=O)(=O)N1CC(C)OC(C)(C)C1. The molecular weight excluding hydrogens is 290 g/mol. The summed E-state index contributed by atoms with van der Waals surface area (Å²) in [6.07, 6.45) is 0.719. The van der Waals surface area contributed by atoms with Crippen LogP contribution in [0.2, 0.25) is 0 Å². The van der Waals surface area contributed by atoms with Crippen molar-refractivity contribution in [3.8, 4) is 0 Å². The highest BCUT2D eigenvalue weighted by molar-refractivity contribution is 7.86. The van der Waals surface area contributed by atoms with Crippen molar-refractivity contribution in [1.82, 2.24) is 13.9 Å². The Hall–Kier alpha value is -0.210. The smallest absolute Gasteiger partial charge is 0.281 e. The quantitative estimate of drug-likeness (QED) is 0.712. The molecule has 0 aromatic rings. The first-order valence-electron chi connectivity index (χ1n) is 7.67. The lowest BCUT2D eigenvalue weighted by Crippen LogP contribution is -2.56. The van der Waals surface area contributed by atoms with Crippen LogP contribution in [0.5, 0.6) is 0 Å². The van der Waals surface area contributed by atoms with E-state index >= 15 is 0 Å². The lowest BCUT2D eigenvalue weighted by Gasteiger charge is -2.42. The third-order valence-electron chi connectivity index (χ3n) is 3.46. The van der Waals surface area contributed by atoms with Gasteiger partial charge in [-0.05, 0) is 33.7 Å². The summed E-state index contributed by atoms with van der Waals surface area (Å²) in [7, 11) is -1.76. The molecule has 0 saturated carbocycles. The topological polar surface area (TPSA) is 61.9 Å². The molecular formula is C14H31N3O3S. The fourth-order valence-corrected chi connectivity index (χ4v) is 4.20. The van der Waals surface area contributed by atoms with Gasteiger partial charge in [0.2, 0.25) is 0 Å². The number of hydrogen-bond donors (Lipinski definition) is 1. The van der Waals surface area contributed by atoms with E-state index in [1.807, 2.05) is 20.8 Å². The Morgan fingerprint density at radius 3 is 2.57 bits per heavy atom. The molecule has 1 N–H and O–H groups in total. The van der Waals surface area contributed by atoms with Crippen molar-refractivity contribution in [3.05, 3.63) is 0 Å². The number of nitrogens with one attached hydrogen (secondary N) is 1. The molecule has 1 heterocycles. The van der Waals surface area contributed by atoms with Crippen LogP contribution in [0.3, 0.4) is 0 Å². The van der Waals surface area contributed by atoms with Gasteiger partial charge in [0, 0.05) is 32.7 Å². The molecule has 1 aliphatic rings. The van der Waals surface area contributed by atoms with E-state index in [0.29, 0.717) is 25.7 Å². The molecule has 7 heteroatoms. The van der Waals surface area contributed by atoms with Gasteiger partial charge in [-0.2, -0.15) is 17.0 Å². The fraction of sp³-hybridized carbons (Fsp3) is 1.00. The first kappa shape index (κ1) is 18.8. The molecule has 1 rings (SSSR count). The zero-order chi connectivity index (χ0) is 16.3. The minimum Gasteiger partial charge on any atom is -0.370 e. The molecule has 1 fully saturated rings. The second kappa shape index (κ2) is 7.37. The van der Waals surface area contributed by atoms with Crippen molar-refractivity contribution in [1.29, 1.82) is 0 Å². The highest BCUT2D eigenvalue weighted by Crippen LogP contribution is 2.24. The lowest BCUT2D eigenvalue weighted by atomic mass is 10.1. The predicted octanol–water partition coefficient (Wildman–Crippen LogP) is 1.05. The number of hydrogen-bond acceptors (Lipinski definition) is 4. The molecule has 0 aromatic heterocycles. The molecule has 1 aliphatic heterocycles. The van der Waals surface area contributed by atoms with Crippen LogP contribution >= 0.6 is 0 Å². The molecule has 0 spiro atoms. The zero-order valence-electron chi connectivity index (χ0n) is 14.2. The Labute approximate surface area is 130 Å². The molecule has 126 valence electrons. The molecule has 6 nitrogen and oxygen atoms in total. The van der Waals surface area contributed by atoms with E-state index in [-0.39, 0.29) is 6.10 Å². The standard InChI is InChI=1S/C14H31N3O3S/c1-12(2)15-8-7-9-16(6)21(18,19)17-10-13(3)20-14(4,5)11-17/h12-13,15H,7-11H2,1-6H3. The van der Waals surface area contributed by atoms with Crippen molar-refractivity contribution in [3.63, 3.8) is 0 Å². The Kier molecular flexibility index (Phi) is 6.61. The van der Waals surface area contributed by atoms with Gasteiger partial charge in [-0.15, -0.1) is 0 Å². The number of rotatable bonds is 7. The van der Waals surface area contributed by atoms with Gasteiger partial charge in [0.05, 0.1) is 11.7 Å². The van der Waals surface area contributed by atoms with E-state index in [1.54, 1.807) is 7.05 Å². The van der Waals surface area contributed by atoms with Gasteiger partial charge < -0.3 is 10.1 Å². The normalized spacial score (nSPS) is 23.9. The summed E-state index contributed by atoms with van der Waals surface area (Å²) in [6.45, 7) is 12.1. The van der Waals surface area contributed by atoms with Gasteiger partial charge >= 0.3 is 0 Å². The largest absolute Gasteiger partial charge is 0.370 e. The minimum atomic E-state index is -3.41. The van der Waals surface area contributed by atoms with Gasteiger partial charge in [-0.25, -0.2) is 0 Å². The van der Waals surface area contributed by atoms with Gasteiger partial charge in [0.15, 0.2) is 0 Å². The van der Waals surface area contributed by atoms with Crippen molar-refractivity contribution < 1.29 is 13.2 Å². The maximum Gasteiger partial charge on any atom is 0.281 e. The van der Waals surface area contributed by atoms with Crippen LogP contribution in [-0.4, -0.2) is 68.0 Å². The lowest BCUT2D eigenvalue weighted by molar-refractivity contribution is -0.110. The van der Waals surface area contributed by atoms with Crippen molar-refractivity contribution >= 4 is 10.2 Å². The van der Waals surface area contributed by atoms with Crippen LogP contribution in [0.15, 0.2) is 0 Å². The van der Waals surface area contributed by atoms with Crippen LogP contribution < -0.4 is 5.32 Å². The number of ether oxygens (including phenoxy) is 1. The first-order chi connectivity index (χ1) is 9.54. The van der Waals surface area contributed by atoms with Gasteiger partial charge in [-0.1, -0.05) is 13.8 Å². The maximum absolute atomic E-state index is 12.6. The van der Waals surface area contributed by atoms with Gasteiger partial charge in [-0.3, -0.25) is 0 Å². The molecule has 0 aliphatic carbocycles. The van der Waals surface area contributed by atoms with Crippen molar-refractivity contribution in [2.75, 3.05) is 33.2 Å². The number of morpholine rings is 1. The summed E-state index contributed by atoms with van der Waals surface area (Å²) < 4.78 is 34.0. The van der Waals surface area contributed by atoms with Gasteiger partial charge in [0.1, 0.15) is 0 Å². The van der Waals surface area contributed by atoms with Crippen LogP contribution in [0.25, 0.3) is 0 Å². The summed E-state index contributed by atoms with van der Waals surface area (Å²) in [5.74, 6) is 0. The third kappa shape index (κ3) is 5.83. The van der Waals surface area contributed by atoms with E-state index < -0.39 is 15.8 Å². The molecule has 0 radical (unpaired) electrons. The van der Waals surface area contributed by atoms with E-state index in [9.17, 15) is 8.42 Å². The Balaban J connectivity index is 2.58. The Morgan fingerprint density at radius 2 is 2.05 bits per heavy atom. The highest BCUT2D eigenvalue weighted by atomic mass is 32.2. The molecule has 21 heavy (non-hydrogen) atoms. The van der Waals surface area contributed by atoms with Crippen molar-refractivity contribution in [2.24, 2.45) is 0 Å². The monoisotopic (exact) mass is 321 g/mol. The average molecular weight is 321 g/mol. The summed E-state index contributed by atoms with van der Waals surface area (Å²) in [5.41, 5.74) is -0.440. The molecule has 0 aromatic carbocycles. The van der Waals surface area contributed by atoms with E-state index in [1.165, 1.54) is 8.61 Å². The van der Waals surface area contributed by atoms with Crippen LogP contribution in [-0.2, 0) is 14.9 Å².